The van der Waals surface area contributed by atoms with Crippen LogP contribution < -0.4 is 0 Å². The van der Waals surface area contributed by atoms with Crippen molar-refractivity contribution in [1.82, 2.24) is 9.97 Å². The zero-order chi connectivity index (χ0) is 14.0. The van der Waals surface area contributed by atoms with Gasteiger partial charge in [0.25, 0.3) is 0 Å². The molecule has 0 aliphatic heterocycles. The fraction of sp³-hybridized carbons (Fsp3) is 0.312. The fourth-order valence-electron chi connectivity index (χ4n) is 1.68. The summed E-state index contributed by atoms with van der Waals surface area (Å²) in [6.07, 6.45) is 4.53. The van der Waals surface area contributed by atoms with E-state index in [2.05, 4.69) is 29.0 Å². The van der Waals surface area contributed by atoms with Gasteiger partial charge in [0, 0.05) is 24.8 Å². The Labute approximate surface area is 124 Å². The molecule has 0 amide bonds. The lowest BCUT2D eigenvalue weighted by atomic mass is 10.1. The Kier molecular flexibility index (Phi) is 6.54. The van der Waals surface area contributed by atoms with Gasteiger partial charge in [-0.1, -0.05) is 42.1 Å². The van der Waals surface area contributed by atoms with Crippen LogP contribution in [-0.4, -0.2) is 22.3 Å². The van der Waals surface area contributed by atoms with Gasteiger partial charge in [-0.05, 0) is 30.9 Å². The molecule has 105 valence electrons. The molecule has 1 aromatic carbocycles. The van der Waals surface area contributed by atoms with Crippen LogP contribution in [-0.2, 0) is 11.3 Å². The van der Waals surface area contributed by atoms with Crippen molar-refractivity contribution in [2.75, 3.05) is 12.4 Å². The van der Waals surface area contributed by atoms with E-state index < -0.39 is 0 Å². The van der Waals surface area contributed by atoms with E-state index in [4.69, 9.17) is 4.74 Å². The van der Waals surface area contributed by atoms with Crippen molar-refractivity contribution in [3.05, 3.63) is 61.3 Å². The highest BCUT2D eigenvalue weighted by Crippen LogP contribution is 2.15. The number of thioether (sulfide) groups is 1. The van der Waals surface area contributed by atoms with Gasteiger partial charge in [0.15, 0.2) is 5.16 Å². The second kappa shape index (κ2) is 8.72. The molecule has 2 aromatic rings. The van der Waals surface area contributed by atoms with Crippen LogP contribution in [0, 0.1) is 12.8 Å². The van der Waals surface area contributed by atoms with Crippen molar-refractivity contribution in [1.29, 1.82) is 0 Å². The molecule has 1 aromatic heterocycles. The highest BCUT2D eigenvalue weighted by Gasteiger charge is 2.04. The van der Waals surface area contributed by atoms with Crippen molar-refractivity contribution in [2.45, 2.75) is 18.2 Å². The van der Waals surface area contributed by atoms with Crippen LogP contribution in [0.3, 0.4) is 0 Å². The first-order valence-corrected chi connectivity index (χ1v) is 7.68. The molecule has 1 radical (unpaired) electrons. The molecule has 1 unspecified atom stereocenters. The predicted molar refractivity (Wildman–Crippen MR) is 82.3 cm³/mol. The number of benzene rings is 1. The zero-order valence-corrected chi connectivity index (χ0v) is 12.3. The van der Waals surface area contributed by atoms with Crippen LogP contribution in [0.5, 0.6) is 0 Å². The van der Waals surface area contributed by atoms with E-state index in [1.54, 1.807) is 24.2 Å². The number of ether oxygens (including phenoxy) is 1. The zero-order valence-electron chi connectivity index (χ0n) is 11.4. The Morgan fingerprint density at radius 3 is 2.60 bits per heavy atom. The molecule has 20 heavy (non-hydrogen) atoms. The van der Waals surface area contributed by atoms with Gasteiger partial charge in [0.05, 0.1) is 6.61 Å². The van der Waals surface area contributed by atoms with Crippen LogP contribution >= 0.6 is 11.8 Å². The Balaban J connectivity index is 1.58. The molecule has 0 N–H and O–H groups in total. The monoisotopic (exact) mass is 287 g/mol. The van der Waals surface area contributed by atoms with Gasteiger partial charge in [-0.15, -0.1) is 0 Å². The van der Waals surface area contributed by atoms with Gasteiger partial charge in [-0.2, -0.15) is 0 Å². The fourth-order valence-corrected chi connectivity index (χ4v) is 2.58. The maximum Gasteiger partial charge on any atom is 0.187 e. The van der Waals surface area contributed by atoms with Gasteiger partial charge >= 0.3 is 0 Å². The van der Waals surface area contributed by atoms with Gasteiger partial charge in [0.1, 0.15) is 0 Å². The summed E-state index contributed by atoms with van der Waals surface area (Å²) in [7, 11) is 0. The van der Waals surface area contributed by atoms with Crippen molar-refractivity contribution in [2.24, 2.45) is 5.92 Å². The van der Waals surface area contributed by atoms with Gasteiger partial charge < -0.3 is 4.74 Å². The second-order valence-electron chi connectivity index (χ2n) is 4.54. The largest absolute Gasteiger partial charge is 0.376 e. The SMILES string of the molecule is [CH2]C(CCSc1ncccn1)COCc1ccccc1. The molecule has 0 saturated carbocycles. The molecule has 0 bridgehead atoms. The molecule has 4 heteroatoms. The summed E-state index contributed by atoms with van der Waals surface area (Å²) in [4.78, 5) is 8.36. The molecule has 0 saturated heterocycles. The molecule has 3 nitrogen and oxygen atoms in total. The summed E-state index contributed by atoms with van der Waals surface area (Å²) >= 11 is 1.66. The van der Waals surface area contributed by atoms with Crippen LogP contribution in [0.15, 0.2) is 53.9 Å². The quantitative estimate of drug-likeness (QED) is 0.548. The maximum atomic E-state index is 5.68. The van der Waals surface area contributed by atoms with Gasteiger partial charge in [0.2, 0.25) is 0 Å². The van der Waals surface area contributed by atoms with Crippen molar-refractivity contribution >= 4 is 11.8 Å². The van der Waals surface area contributed by atoms with Crippen molar-refractivity contribution < 1.29 is 4.74 Å². The Morgan fingerprint density at radius 2 is 1.85 bits per heavy atom. The molecular weight excluding hydrogens is 268 g/mol. The average Bonchev–Trinajstić information content (AvgIpc) is 2.49. The lowest BCUT2D eigenvalue weighted by Crippen LogP contribution is -2.07. The van der Waals surface area contributed by atoms with Gasteiger partial charge in [-0.25, -0.2) is 9.97 Å². The first-order chi connectivity index (χ1) is 9.84. The Hall–Kier alpha value is -1.39. The van der Waals surface area contributed by atoms with Crippen LogP contribution in [0.2, 0.25) is 0 Å². The van der Waals surface area contributed by atoms with E-state index in [1.807, 2.05) is 24.3 Å². The van der Waals surface area contributed by atoms with E-state index in [0.717, 1.165) is 17.3 Å². The standard InChI is InChI=1S/C16H19N2OS/c1-14(8-11-20-16-17-9-5-10-18-16)12-19-13-15-6-3-2-4-7-15/h2-7,9-10,14H,1,8,11-13H2. The third-order valence-electron chi connectivity index (χ3n) is 2.76. The summed E-state index contributed by atoms with van der Waals surface area (Å²) in [5.74, 6) is 1.27. The number of aromatic nitrogens is 2. The number of hydrogen-bond acceptors (Lipinski definition) is 4. The van der Waals surface area contributed by atoms with Crippen LogP contribution in [0.1, 0.15) is 12.0 Å². The minimum atomic E-state index is 0.301. The lowest BCUT2D eigenvalue weighted by Gasteiger charge is -2.11. The van der Waals surface area contributed by atoms with E-state index in [1.165, 1.54) is 5.56 Å². The Bertz CT molecular complexity index is 433. The lowest BCUT2D eigenvalue weighted by molar-refractivity contribution is 0.0981. The van der Waals surface area contributed by atoms with Crippen LogP contribution in [0.4, 0.5) is 0 Å². The highest BCUT2D eigenvalue weighted by molar-refractivity contribution is 7.99. The molecule has 2 rings (SSSR count). The molecule has 0 aliphatic carbocycles. The summed E-state index contributed by atoms with van der Waals surface area (Å²) < 4.78 is 5.68. The average molecular weight is 287 g/mol. The number of nitrogens with zero attached hydrogens (tertiary/aromatic N) is 2. The summed E-state index contributed by atoms with van der Waals surface area (Å²) in [6.45, 7) is 5.46. The molecule has 1 atom stereocenters. The van der Waals surface area contributed by atoms with Crippen LogP contribution in [0.25, 0.3) is 0 Å². The molecule has 0 fully saturated rings. The summed E-state index contributed by atoms with van der Waals surface area (Å²) in [5, 5.41) is 0.824. The normalized spacial score (nSPS) is 12.2. The number of rotatable bonds is 8. The molecular formula is C16H19N2OS. The minimum absolute atomic E-state index is 0.301. The predicted octanol–water partition coefficient (Wildman–Crippen LogP) is 3.63. The van der Waals surface area contributed by atoms with E-state index in [9.17, 15) is 0 Å². The second-order valence-corrected chi connectivity index (χ2v) is 5.60. The third kappa shape index (κ3) is 5.72. The van der Waals surface area contributed by atoms with Crippen molar-refractivity contribution in [3.63, 3.8) is 0 Å². The van der Waals surface area contributed by atoms with E-state index in [0.29, 0.717) is 19.1 Å². The molecule has 0 aliphatic rings. The first-order valence-electron chi connectivity index (χ1n) is 6.69. The Morgan fingerprint density at radius 1 is 1.10 bits per heavy atom. The summed E-state index contributed by atoms with van der Waals surface area (Å²) in [5.41, 5.74) is 1.20. The smallest absolute Gasteiger partial charge is 0.187 e. The molecule has 0 spiro atoms. The van der Waals surface area contributed by atoms with Gasteiger partial charge in [-0.3, -0.25) is 0 Å². The first kappa shape index (κ1) is 15.0. The highest BCUT2D eigenvalue weighted by atomic mass is 32.2. The topological polar surface area (TPSA) is 35.0 Å². The van der Waals surface area contributed by atoms with E-state index in [-0.39, 0.29) is 0 Å². The third-order valence-corrected chi connectivity index (χ3v) is 3.67. The molecule has 1 heterocycles. The van der Waals surface area contributed by atoms with E-state index >= 15 is 0 Å². The van der Waals surface area contributed by atoms with Crippen molar-refractivity contribution in [3.8, 4) is 0 Å². The minimum Gasteiger partial charge on any atom is -0.376 e. The maximum absolute atomic E-state index is 5.68. The number of hydrogen-bond donors (Lipinski definition) is 0. The summed E-state index contributed by atoms with van der Waals surface area (Å²) in [6, 6.07) is 12.0.